The summed E-state index contributed by atoms with van der Waals surface area (Å²) in [6.07, 6.45) is 1.37. The van der Waals surface area contributed by atoms with E-state index in [2.05, 4.69) is 0 Å². The molecule has 1 spiro atoms. The minimum absolute atomic E-state index is 0.243. The molecule has 1 saturated heterocycles. The quantitative estimate of drug-likeness (QED) is 0.677. The van der Waals surface area contributed by atoms with Crippen LogP contribution in [0.4, 0.5) is 0 Å². The Balaban J connectivity index is 1.93. The van der Waals surface area contributed by atoms with Crippen LogP contribution in [0.15, 0.2) is 29.2 Å². The third-order valence-corrected chi connectivity index (χ3v) is 5.86. The fourth-order valence-electron chi connectivity index (χ4n) is 2.14. The fraction of sp³-hybridized carbons (Fsp3) is 0.417. The highest BCUT2D eigenvalue weighted by molar-refractivity contribution is 8.00. The second-order valence-electron chi connectivity index (χ2n) is 4.25. The van der Waals surface area contributed by atoms with Gasteiger partial charge in [-0.15, -0.1) is 0 Å². The molecule has 90 valence electrons. The summed E-state index contributed by atoms with van der Waals surface area (Å²) in [4.78, 5) is 12.4. The number of benzene rings is 1. The standard InChI is InChI=1S/C12H12O3S2/c13-11-9-3-1-2-4-10(9)16-12(15-11)5-7-17(14)8-6-12/h1-4H,5-8H2. The van der Waals surface area contributed by atoms with E-state index in [-0.39, 0.29) is 5.97 Å². The molecule has 0 bridgehead atoms. The molecule has 0 saturated carbocycles. The number of ether oxygens (including phenoxy) is 1. The lowest BCUT2D eigenvalue weighted by Crippen LogP contribution is -2.41. The molecule has 5 heteroatoms. The lowest BCUT2D eigenvalue weighted by molar-refractivity contribution is 0.0147. The predicted octanol–water partition coefficient (Wildman–Crippen LogP) is 2.19. The van der Waals surface area contributed by atoms with Crippen molar-refractivity contribution in [2.24, 2.45) is 0 Å². The smallest absolute Gasteiger partial charge is 0.340 e. The molecule has 0 amide bonds. The van der Waals surface area contributed by atoms with Gasteiger partial charge in [0.05, 0.1) is 5.56 Å². The SMILES string of the molecule is O=C1OC2(CCS(=O)CC2)Sc2ccccc21. The van der Waals surface area contributed by atoms with Gasteiger partial charge in [-0.1, -0.05) is 23.9 Å². The molecule has 17 heavy (non-hydrogen) atoms. The van der Waals surface area contributed by atoms with Crippen molar-refractivity contribution >= 4 is 28.5 Å². The van der Waals surface area contributed by atoms with Crippen molar-refractivity contribution in [1.29, 1.82) is 0 Å². The van der Waals surface area contributed by atoms with E-state index in [0.29, 0.717) is 29.9 Å². The first-order chi connectivity index (χ1) is 8.19. The van der Waals surface area contributed by atoms with Gasteiger partial charge in [-0.2, -0.15) is 0 Å². The predicted molar refractivity (Wildman–Crippen MR) is 67.6 cm³/mol. The Hall–Kier alpha value is -0.810. The maximum atomic E-state index is 11.9. The van der Waals surface area contributed by atoms with Crippen LogP contribution in [0.5, 0.6) is 0 Å². The molecule has 2 aliphatic heterocycles. The summed E-state index contributed by atoms with van der Waals surface area (Å²) in [6.45, 7) is 0. The summed E-state index contributed by atoms with van der Waals surface area (Å²) in [5.74, 6) is 1.01. The van der Waals surface area contributed by atoms with Crippen LogP contribution in [-0.4, -0.2) is 26.6 Å². The van der Waals surface area contributed by atoms with Gasteiger partial charge in [0, 0.05) is 40.0 Å². The molecule has 0 N–H and O–H groups in total. The zero-order chi connectivity index (χ0) is 11.9. The topological polar surface area (TPSA) is 43.4 Å². The van der Waals surface area contributed by atoms with E-state index in [0.717, 1.165) is 4.90 Å². The molecule has 0 unspecified atom stereocenters. The molecular formula is C12H12O3S2. The second-order valence-corrected chi connectivity index (χ2v) is 7.33. The van der Waals surface area contributed by atoms with Crippen molar-refractivity contribution in [2.45, 2.75) is 22.7 Å². The Morgan fingerprint density at radius 3 is 2.71 bits per heavy atom. The number of thioether (sulfide) groups is 1. The van der Waals surface area contributed by atoms with Crippen molar-refractivity contribution < 1.29 is 13.7 Å². The normalized spacial score (nSPS) is 32.0. The van der Waals surface area contributed by atoms with Crippen LogP contribution in [-0.2, 0) is 15.5 Å². The molecule has 2 aliphatic rings. The van der Waals surface area contributed by atoms with E-state index in [1.165, 1.54) is 0 Å². The largest absolute Gasteiger partial charge is 0.444 e. The van der Waals surface area contributed by atoms with Crippen molar-refractivity contribution in [1.82, 2.24) is 0 Å². The van der Waals surface area contributed by atoms with Gasteiger partial charge in [0.1, 0.15) is 0 Å². The first kappa shape index (κ1) is 11.3. The Morgan fingerprint density at radius 2 is 1.94 bits per heavy atom. The summed E-state index contributed by atoms with van der Waals surface area (Å²) in [6, 6.07) is 7.51. The van der Waals surface area contributed by atoms with Gasteiger partial charge in [-0.3, -0.25) is 4.21 Å². The van der Waals surface area contributed by atoms with Gasteiger partial charge in [0.2, 0.25) is 0 Å². The maximum absolute atomic E-state index is 11.9. The van der Waals surface area contributed by atoms with Crippen LogP contribution in [0, 0.1) is 0 Å². The molecule has 0 radical (unpaired) electrons. The highest BCUT2D eigenvalue weighted by atomic mass is 32.2. The van der Waals surface area contributed by atoms with Crippen molar-refractivity contribution in [3.05, 3.63) is 29.8 Å². The van der Waals surface area contributed by atoms with Gasteiger partial charge < -0.3 is 4.74 Å². The van der Waals surface area contributed by atoms with Crippen LogP contribution in [0.1, 0.15) is 23.2 Å². The monoisotopic (exact) mass is 268 g/mol. The minimum Gasteiger partial charge on any atom is -0.444 e. The Morgan fingerprint density at radius 1 is 1.24 bits per heavy atom. The molecule has 3 rings (SSSR count). The number of esters is 1. The minimum atomic E-state index is -0.742. The van der Waals surface area contributed by atoms with E-state index in [9.17, 15) is 9.00 Å². The Bertz CT molecular complexity index is 488. The van der Waals surface area contributed by atoms with Gasteiger partial charge >= 0.3 is 5.97 Å². The average molecular weight is 268 g/mol. The molecule has 2 heterocycles. The fourth-order valence-corrected chi connectivity index (χ4v) is 5.05. The Labute approximate surface area is 106 Å². The Kier molecular flexibility index (Phi) is 2.75. The first-order valence-corrected chi connectivity index (χ1v) is 7.85. The zero-order valence-electron chi connectivity index (χ0n) is 9.18. The molecule has 0 aliphatic carbocycles. The highest BCUT2D eigenvalue weighted by Crippen LogP contribution is 2.47. The van der Waals surface area contributed by atoms with E-state index < -0.39 is 15.7 Å². The average Bonchev–Trinajstić information content (AvgIpc) is 2.34. The van der Waals surface area contributed by atoms with Crippen LogP contribution in [0.25, 0.3) is 0 Å². The first-order valence-electron chi connectivity index (χ1n) is 5.55. The summed E-state index contributed by atoms with van der Waals surface area (Å²) >= 11 is 1.61. The van der Waals surface area contributed by atoms with Gasteiger partial charge in [-0.05, 0) is 12.1 Å². The van der Waals surface area contributed by atoms with Gasteiger partial charge in [-0.25, -0.2) is 4.79 Å². The molecule has 0 atom stereocenters. The molecule has 0 aromatic heterocycles. The summed E-state index contributed by atoms with van der Waals surface area (Å²) in [5.41, 5.74) is 0.648. The molecule has 1 aromatic carbocycles. The van der Waals surface area contributed by atoms with Crippen LogP contribution in [0.2, 0.25) is 0 Å². The third-order valence-electron chi connectivity index (χ3n) is 3.10. The van der Waals surface area contributed by atoms with Gasteiger partial charge in [0.15, 0.2) is 4.93 Å². The molecular weight excluding hydrogens is 256 g/mol. The second kappa shape index (κ2) is 4.14. The molecule has 1 aromatic rings. The number of fused-ring (bicyclic) bond motifs is 1. The maximum Gasteiger partial charge on any atom is 0.340 e. The number of rotatable bonds is 0. The van der Waals surface area contributed by atoms with Crippen molar-refractivity contribution in [2.75, 3.05) is 11.5 Å². The number of carbonyl (C=O) groups excluding carboxylic acids is 1. The van der Waals surface area contributed by atoms with Crippen LogP contribution < -0.4 is 0 Å². The number of hydrogen-bond acceptors (Lipinski definition) is 4. The summed E-state index contributed by atoms with van der Waals surface area (Å²) < 4.78 is 17.0. The third kappa shape index (κ3) is 2.02. The van der Waals surface area contributed by atoms with Gasteiger partial charge in [0.25, 0.3) is 0 Å². The highest BCUT2D eigenvalue weighted by Gasteiger charge is 2.43. The molecule has 1 fully saturated rings. The number of carbonyl (C=O) groups is 1. The summed E-state index contributed by atoms with van der Waals surface area (Å²) in [7, 11) is -0.742. The number of hydrogen-bond donors (Lipinski definition) is 0. The lowest BCUT2D eigenvalue weighted by atomic mass is 10.1. The van der Waals surface area contributed by atoms with Crippen molar-refractivity contribution in [3.8, 4) is 0 Å². The van der Waals surface area contributed by atoms with Crippen molar-refractivity contribution in [3.63, 3.8) is 0 Å². The zero-order valence-corrected chi connectivity index (χ0v) is 10.8. The van der Waals surface area contributed by atoms with E-state index in [1.807, 2.05) is 18.2 Å². The van der Waals surface area contributed by atoms with Crippen LogP contribution in [0.3, 0.4) is 0 Å². The summed E-state index contributed by atoms with van der Waals surface area (Å²) in [5, 5.41) is 0. The lowest BCUT2D eigenvalue weighted by Gasteiger charge is -2.38. The molecule has 3 nitrogen and oxygen atoms in total. The van der Waals surface area contributed by atoms with E-state index in [1.54, 1.807) is 17.8 Å². The van der Waals surface area contributed by atoms with Crippen LogP contribution >= 0.6 is 11.8 Å². The van der Waals surface area contributed by atoms with E-state index in [4.69, 9.17) is 4.74 Å². The van der Waals surface area contributed by atoms with E-state index >= 15 is 0 Å².